The summed E-state index contributed by atoms with van der Waals surface area (Å²) < 4.78 is 0. The van der Waals surface area contributed by atoms with Gasteiger partial charge < -0.3 is 16.0 Å². The second kappa shape index (κ2) is 6.79. The average molecular weight is 341 g/mol. The molecule has 134 valence electrons. The second-order valence-corrected chi connectivity index (χ2v) is 7.90. The molecule has 2 amide bonds. The molecule has 0 aromatic heterocycles. The summed E-state index contributed by atoms with van der Waals surface area (Å²) in [5.74, 6) is 0.844. The predicted octanol–water partition coefficient (Wildman–Crippen LogP) is 2.07. The molecule has 1 heterocycles. The van der Waals surface area contributed by atoms with Crippen LogP contribution in [0.1, 0.15) is 55.2 Å². The first-order valence-electron chi connectivity index (χ1n) is 9.53. The van der Waals surface area contributed by atoms with Crippen molar-refractivity contribution in [2.45, 2.75) is 64.2 Å². The number of hydrogen-bond donors (Lipinski definition) is 2. The van der Waals surface area contributed by atoms with Crippen molar-refractivity contribution in [1.82, 2.24) is 10.2 Å². The normalized spacial score (nSPS) is 25.6. The first kappa shape index (κ1) is 16.6. The van der Waals surface area contributed by atoms with Crippen LogP contribution in [0.4, 0.5) is 0 Å². The fraction of sp³-hybridized carbons (Fsp3) is 0.600. The molecule has 0 atom stereocenters. The van der Waals surface area contributed by atoms with Gasteiger partial charge in [0.15, 0.2) is 0 Å². The molecule has 2 saturated carbocycles. The van der Waals surface area contributed by atoms with E-state index in [0.29, 0.717) is 19.6 Å². The van der Waals surface area contributed by atoms with Gasteiger partial charge in [-0.15, -0.1) is 0 Å². The Morgan fingerprint density at radius 3 is 2.40 bits per heavy atom. The molecule has 4 rings (SSSR count). The van der Waals surface area contributed by atoms with E-state index in [1.54, 1.807) is 0 Å². The van der Waals surface area contributed by atoms with E-state index in [9.17, 15) is 9.59 Å². The number of carbonyl (C=O) groups excluding carboxylic acids is 2. The third-order valence-corrected chi connectivity index (χ3v) is 5.84. The van der Waals surface area contributed by atoms with Crippen molar-refractivity contribution < 1.29 is 9.59 Å². The summed E-state index contributed by atoms with van der Waals surface area (Å²) in [7, 11) is 0. The maximum atomic E-state index is 12.8. The van der Waals surface area contributed by atoms with Crippen LogP contribution in [0.25, 0.3) is 0 Å². The lowest BCUT2D eigenvalue weighted by Gasteiger charge is -2.28. The molecule has 3 N–H and O–H groups in total. The lowest BCUT2D eigenvalue weighted by Crippen LogP contribution is -2.36. The molecule has 0 unspecified atom stereocenters. The Bertz CT molecular complexity index is 676. The van der Waals surface area contributed by atoms with Crippen LogP contribution in [0, 0.1) is 11.8 Å². The van der Waals surface area contributed by atoms with Gasteiger partial charge in [-0.1, -0.05) is 18.2 Å². The highest BCUT2D eigenvalue weighted by Gasteiger charge is 2.32. The Morgan fingerprint density at radius 2 is 1.68 bits per heavy atom. The highest BCUT2D eigenvalue weighted by molar-refractivity contribution is 5.81. The molecule has 5 nitrogen and oxygen atoms in total. The van der Waals surface area contributed by atoms with Crippen molar-refractivity contribution in [2.24, 2.45) is 17.6 Å². The molecule has 3 aliphatic rings. The van der Waals surface area contributed by atoms with E-state index in [-0.39, 0.29) is 29.7 Å². The van der Waals surface area contributed by atoms with Crippen molar-refractivity contribution in [3.8, 4) is 0 Å². The van der Waals surface area contributed by atoms with Crippen LogP contribution in [0.5, 0.6) is 0 Å². The minimum absolute atomic E-state index is 0.145. The third-order valence-electron chi connectivity index (χ3n) is 5.84. The van der Waals surface area contributed by atoms with E-state index in [1.165, 1.54) is 11.1 Å². The highest BCUT2D eigenvalue weighted by Crippen LogP contribution is 2.31. The van der Waals surface area contributed by atoms with Gasteiger partial charge in [0.1, 0.15) is 0 Å². The van der Waals surface area contributed by atoms with Crippen molar-refractivity contribution in [3.63, 3.8) is 0 Å². The lowest BCUT2D eigenvalue weighted by molar-refractivity contribution is -0.137. The molecule has 1 aromatic carbocycles. The van der Waals surface area contributed by atoms with Gasteiger partial charge in [-0.2, -0.15) is 0 Å². The predicted molar refractivity (Wildman–Crippen MR) is 95.2 cm³/mol. The van der Waals surface area contributed by atoms with E-state index in [1.807, 2.05) is 4.90 Å². The van der Waals surface area contributed by atoms with E-state index in [2.05, 4.69) is 23.5 Å². The van der Waals surface area contributed by atoms with Gasteiger partial charge in [-0.05, 0) is 55.2 Å². The number of fused-ring (bicyclic) bond motifs is 1. The Hall–Kier alpha value is -1.88. The largest absolute Gasteiger partial charge is 0.352 e. The molecule has 1 aromatic rings. The number of nitrogens with zero attached hydrogens (tertiary/aromatic N) is 1. The van der Waals surface area contributed by atoms with Gasteiger partial charge in [-0.25, -0.2) is 0 Å². The Balaban J connectivity index is 1.35. The average Bonchev–Trinajstić information content (AvgIpc) is 3.38. The Kier molecular flexibility index (Phi) is 4.50. The minimum Gasteiger partial charge on any atom is -0.352 e. The molecule has 2 aliphatic carbocycles. The maximum Gasteiger partial charge on any atom is 0.226 e. The molecule has 5 heteroatoms. The minimum atomic E-state index is 0.145. The lowest BCUT2D eigenvalue weighted by atomic mass is 9.85. The molecular formula is C20H27N3O2. The molecule has 0 bridgehead atoms. The molecule has 0 radical (unpaired) electrons. The van der Waals surface area contributed by atoms with Gasteiger partial charge in [0.2, 0.25) is 11.8 Å². The molecular weight excluding hydrogens is 314 g/mol. The summed E-state index contributed by atoms with van der Waals surface area (Å²) in [5.41, 5.74) is 9.53. The van der Waals surface area contributed by atoms with Crippen LogP contribution in [-0.4, -0.2) is 22.8 Å². The fourth-order valence-corrected chi connectivity index (χ4v) is 4.02. The Morgan fingerprint density at radius 1 is 1.00 bits per heavy atom. The summed E-state index contributed by atoms with van der Waals surface area (Å²) in [4.78, 5) is 26.5. The number of nitrogens with one attached hydrogen (secondary N) is 1. The van der Waals surface area contributed by atoms with Crippen molar-refractivity contribution in [1.29, 1.82) is 0 Å². The molecule has 1 aliphatic heterocycles. The van der Waals surface area contributed by atoms with Crippen LogP contribution in [0.15, 0.2) is 18.2 Å². The van der Waals surface area contributed by atoms with Gasteiger partial charge in [-0.3, -0.25) is 9.59 Å². The van der Waals surface area contributed by atoms with Crippen LogP contribution >= 0.6 is 0 Å². The zero-order valence-corrected chi connectivity index (χ0v) is 14.7. The van der Waals surface area contributed by atoms with Gasteiger partial charge in [0.25, 0.3) is 0 Å². The number of nitrogens with two attached hydrogens (primary N) is 1. The number of carbonyl (C=O) groups is 2. The number of rotatable bonds is 4. The topological polar surface area (TPSA) is 75.4 Å². The van der Waals surface area contributed by atoms with Crippen LogP contribution in [0.2, 0.25) is 0 Å². The van der Waals surface area contributed by atoms with Crippen LogP contribution < -0.4 is 11.1 Å². The standard InChI is InChI=1S/C20H27N3O2/c21-18-7-5-15(6-8-18)20(25)23-11-16-2-1-13(9-17(16)12-23)10-22-19(24)14-3-4-14/h1-2,9,14-15,18H,3-8,10-12,21H2,(H,22,24). The first-order chi connectivity index (χ1) is 12.1. The van der Waals surface area contributed by atoms with Gasteiger partial charge in [0.05, 0.1) is 0 Å². The van der Waals surface area contributed by atoms with Gasteiger partial charge in [0, 0.05) is 37.5 Å². The van der Waals surface area contributed by atoms with E-state index < -0.39 is 0 Å². The second-order valence-electron chi connectivity index (χ2n) is 7.90. The Labute approximate surface area is 148 Å². The fourth-order valence-electron chi connectivity index (χ4n) is 4.02. The first-order valence-corrected chi connectivity index (χ1v) is 9.53. The van der Waals surface area contributed by atoms with Crippen LogP contribution in [-0.2, 0) is 29.2 Å². The SMILES string of the molecule is NC1CCC(C(=O)N2Cc3ccc(CNC(=O)C4CC4)cc3C2)CC1. The van der Waals surface area contributed by atoms with Crippen molar-refractivity contribution in [3.05, 3.63) is 34.9 Å². The smallest absolute Gasteiger partial charge is 0.226 e. The van der Waals surface area contributed by atoms with E-state index >= 15 is 0 Å². The zero-order valence-electron chi connectivity index (χ0n) is 14.7. The quantitative estimate of drug-likeness (QED) is 0.880. The summed E-state index contributed by atoms with van der Waals surface area (Å²) in [6.45, 7) is 1.99. The van der Waals surface area contributed by atoms with E-state index in [0.717, 1.165) is 44.1 Å². The third kappa shape index (κ3) is 3.71. The van der Waals surface area contributed by atoms with E-state index in [4.69, 9.17) is 5.73 Å². The van der Waals surface area contributed by atoms with Crippen molar-refractivity contribution in [2.75, 3.05) is 0 Å². The molecule has 25 heavy (non-hydrogen) atoms. The van der Waals surface area contributed by atoms with Crippen molar-refractivity contribution >= 4 is 11.8 Å². The summed E-state index contributed by atoms with van der Waals surface area (Å²) >= 11 is 0. The summed E-state index contributed by atoms with van der Waals surface area (Å²) in [6.07, 6.45) is 5.82. The summed E-state index contributed by atoms with van der Waals surface area (Å²) in [6, 6.07) is 6.60. The van der Waals surface area contributed by atoms with Gasteiger partial charge >= 0.3 is 0 Å². The number of amides is 2. The molecule has 0 saturated heterocycles. The highest BCUT2D eigenvalue weighted by atomic mass is 16.2. The zero-order chi connectivity index (χ0) is 17.4. The maximum absolute atomic E-state index is 12.8. The molecule has 0 spiro atoms. The van der Waals surface area contributed by atoms with Crippen LogP contribution in [0.3, 0.4) is 0 Å². The monoisotopic (exact) mass is 341 g/mol. The summed E-state index contributed by atoms with van der Waals surface area (Å²) in [5, 5.41) is 3.01. The number of benzene rings is 1. The number of hydrogen-bond acceptors (Lipinski definition) is 3. The molecule has 2 fully saturated rings.